The van der Waals surface area contributed by atoms with Gasteiger partial charge in [0.15, 0.2) is 0 Å². The second-order valence-corrected chi connectivity index (χ2v) is 11.3. The molecule has 1 spiro atoms. The van der Waals surface area contributed by atoms with E-state index >= 15 is 0 Å². The van der Waals surface area contributed by atoms with Crippen LogP contribution in [0.3, 0.4) is 0 Å². The lowest BCUT2D eigenvalue weighted by Crippen LogP contribution is -2.32. The molecule has 2 aromatic carbocycles. The molecule has 1 fully saturated rings. The molecule has 0 unspecified atom stereocenters. The maximum Gasteiger partial charge on any atom is 0.306 e. The number of rotatable bonds is 10. The van der Waals surface area contributed by atoms with Crippen molar-refractivity contribution in [3.63, 3.8) is 0 Å². The molecule has 0 amide bonds. The van der Waals surface area contributed by atoms with E-state index in [-0.39, 0.29) is 17.1 Å². The summed E-state index contributed by atoms with van der Waals surface area (Å²) in [7, 11) is -3.31. The number of carboxylic acids is 1. The van der Waals surface area contributed by atoms with E-state index in [0.717, 1.165) is 49.8 Å². The van der Waals surface area contributed by atoms with Gasteiger partial charge in [0.05, 0.1) is 18.3 Å². The third kappa shape index (κ3) is 5.95. The number of fused-ring (bicyclic) bond motifs is 2. The Bertz CT molecular complexity index is 1060. The van der Waals surface area contributed by atoms with Crippen molar-refractivity contribution in [3.8, 4) is 5.75 Å². The van der Waals surface area contributed by atoms with Gasteiger partial charge >= 0.3 is 5.97 Å². The fourth-order valence-electron chi connectivity index (χ4n) is 5.26. The van der Waals surface area contributed by atoms with Gasteiger partial charge in [-0.2, -0.15) is 0 Å². The van der Waals surface area contributed by atoms with Crippen LogP contribution in [0.1, 0.15) is 55.2 Å². The van der Waals surface area contributed by atoms with E-state index in [0.29, 0.717) is 26.0 Å². The first-order chi connectivity index (χ1) is 15.9. The lowest BCUT2D eigenvalue weighted by atomic mass is 9.67. The van der Waals surface area contributed by atoms with Crippen molar-refractivity contribution >= 4 is 16.0 Å². The molecule has 2 aromatic rings. The first-order valence-electron chi connectivity index (χ1n) is 11.9. The minimum Gasteiger partial charge on any atom is -0.494 e. The fourth-order valence-corrected chi connectivity index (χ4v) is 6.37. The second kappa shape index (κ2) is 10.3. The summed E-state index contributed by atoms with van der Waals surface area (Å²) in [6.07, 6.45) is 6.54. The molecule has 0 radical (unpaired) electrons. The largest absolute Gasteiger partial charge is 0.494 e. The molecular weight excluding hydrogens is 438 g/mol. The van der Waals surface area contributed by atoms with Crippen molar-refractivity contribution in [1.29, 1.82) is 0 Å². The molecule has 0 aromatic heterocycles. The van der Waals surface area contributed by atoms with Gasteiger partial charge < -0.3 is 9.84 Å². The van der Waals surface area contributed by atoms with Gasteiger partial charge in [-0.3, -0.25) is 4.79 Å². The van der Waals surface area contributed by atoms with Crippen molar-refractivity contribution in [1.82, 2.24) is 4.72 Å². The Labute approximate surface area is 196 Å². The maximum atomic E-state index is 12.2. The lowest BCUT2D eigenvalue weighted by Gasteiger charge is -2.37. The number of benzene rings is 2. The van der Waals surface area contributed by atoms with E-state index < -0.39 is 16.0 Å². The van der Waals surface area contributed by atoms with Crippen LogP contribution >= 0.6 is 0 Å². The van der Waals surface area contributed by atoms with Gasteiger partial charge in [-0.25, -0.2) is 13.1 Å². The highest BCUT2D eigenvalue weighted by atomic mass is 32.2. The number of carbonyl (C=O) groups is 1. The zero-order chi connectivity index (χ0) is 23.3. The van der Waals surface area contributed by atoms with Crippen LogP contribution in [0.15, 0.2) is 48.5 Å². The maximum absolute atomic E-state index is 12.2. The van der Waals surface area contributed by atoms with Gasteiger partial charge in [-0.05, 0) is 85.6 Å². The van der Waals surface area contributed by atoms with E-state index in [1.807, 2.05) is 36.4 Å². The van der Waals surface area contributed by atoms with E-state index in [1.54, 1.807) is 0 Å². The molecular formula is C26H33NO5S. The number of nitrogens with one attached hydrogen (secondary N) is 1. The van der Waals surface area contributed by atoms with Crippen LogP contribution < -0.4 is 9.46 Å². The minimum atomic E-state index is -3.31. The monoisotopic (exact) mass is 471 g/mol. The smallest absolute Gasteiger partial charge is 0.306 e. The van der Waals surface area contributed by atoms with Crippen molar-refractivity contribution < 1.29 is 23.1 Å². The summed E-state index contributed by atoms with van der Waals surface area (Å²) in [4.78, 5) is 11.3. The average molecular weight is 472 g/mol. The second-order valence-electron chi connectivity index (χ2n) is 9.36. The molecule has 1 saturated carbocycles. The van der Waals surface area contributed by atoms with Gasteiger partial charge in [-0.1, -0.05) is 36.4 Å². The summed E-state index contributed by atoms with van der Waals surface area (Å²) in [5, 5.41) is 9.32. The van der Waals surface area contributed by atoms with Gasteiger partial charge in [-0.15, -0.1) is 0 Å². The summed E-state index contributed by atoms with van der Waals surface area (Å²) >= 11 is 0. The molecule has 0 bridgehead atoms. The molecule has 7 heteroatoms. The molecule has 2 N–H and O–H groups in total. The van der Waals surface area contributed by atoms with Gasteiger partial charge in [0.2, 0.25) is 10.0 Å². The number of sulfonamides is 1. The Kier molecular flexibility index (Phi) is 7.39. The standard InChI is InChI=1S/C26H33NO5S/c28-25(29)22-10-14-26(15-11-22)13-9-21-7-8-23(19-24(21)26)32-17-4-16-27-33(30,31)18-12-20-5-2-1-3-6-20/h1-3,5-8,19,22,27H,4,9-18H2,(H,28,29). The van der Waals surface area contributed by atoms with Crippen molar-refractivity contribution in [2.45, 2.75) is 56.8 Å². The molecule has 0 saturated heterocycles. The predicted octanol–water partition coefficient (Wildman–Crippen LogP) is 4.08. The third-order valence-corrected chi connectivity index (χ3v) is 8.62. The number of carboxylic acid groups (broad SMARTS) is 1. The Hall–Kier alpha value is -2.38. The number of hydrogen-bond acceptors (Lipinski definition) is 4. The minimum absolute atomic E-state index is 0.0769. The summed E-state index contributed by atoms with van der Waals surface area (Å²) in [5.41, 5.74) is 3.78. The summed E-state index contributed by atoms with van der Waals surface area (Å²) in [6.45, 7) is 0.788. The Morgan fingerprint density at radius 3 is 2.58 bits per heavy atom. The quantitative estimate of drug-likeness (QED) is 0.510. The number of aryl methyl sites for hydroxylation is 2. The molecule has 0 aliphatic heterocycles. The zero-order valence-electron chi connectivity index (χ0n) is 19.0. The molecule has 178 valence electrons. The van der Waals surface area contributed by atoms with Crippen molar-refractivity contribution in [3.05, 3.63) is 65.2 Å². The van der Waals surface area contributed by atoms with Gasteiger partial charge in [0, 0.05) is 6.54 Å². The van der Waals surface area contributed by atoms with Crippen LogP contribution in [0.2, 0.25) is 0 Å². The van der Waals surface area contributed by atoms with Crippen molar-refractivity contribution in [2.24, 2.45) is 5.92 Å². The van der Waals surface area contributed by atoms with Crippen LogP contribution in [-0.2, 0) is 33.1 Å². The highest BCUT2D eigenvalue weighted by molar-refractivity contribution is 7.89. The van der Waals surface area contributed by atoms with Crippen LogP contribution in [0, 0.1) is 5.92 Å². The Morgan fingerprint density at radius 2 is 1.85 bits per heavy atom. The van der Waals surface area contributed by atoms with Crippen LogP contribution in [0.4, 0.5) is 0 Å². The number of aliphatic carboxylic acids is 1. The summed E-state index contributed by atoms with van der Waals surface area (Å²) in [6, 6.07) is 15.9. The first-order valence-corrected chi connectivity index (χ1v) is 13.5. The van der Waals surface area contributed by atoms with Crippen LogP contribution in [0.25, 0.3) is 0 Å². The van der Waals surface area contributed by atoms with E-state index in [9.17, 15) is 18.3 Å². The molecule has 2 aliphatic rings. The van der Waals surface area contributed by atoms with Gasteiger partial charge in [0.25, 0.3) is 0 Å². The number of hydrogen-bond donors (Lipinski definition) is 2. The lowest BCUT2D eigenvalue weighted by molar-refractivity contribution is -0.143. The predicted molar refractivity (Wildman–Crippen MR) is 128 cm³/mol. The Morgan fingerprint density at radius 1 is 1.09 bits per heavy atom. The fraction of sp³-hybridized carbons (Fsp3) is 0.500. The topological polar surface area (TPSA) is 92.7 Å². The molecule has 0 heterocycles. The van der Waals surface area contributed by atoms with E-state index in [2.05, 4.69) is 16.9 Å². The molecule has 2 aliphatic carbocycles. The molecule has 4 rings (SSSR count). The van der Waals surface area contributed by atoms with E-state index in [1.165, 1.54) is 11.1 Å². The Balaban J connectivity index is 1.24. The number of ether oxygens (including phenoxy) is 1. The van der Waals surface area contributed by atoms with Crippen LogP contribution in [-0.4, -0.2) is 38.4 Å². The normalized spacial score (nSPS) is 22.2. The highest BCUT2D eigenvalue weighted by Gasteiger charge is 2.43. The summed E-state index contributed by atoms with van der Waals surface area (Å²) in [5.74, 6) is 0.00166. The SMILES string of the molecule is O=C(O)C1CCC2(CCc3ccc(OCCCNS(=O)(=O)CCc4ccccc4)cc32)CC1. The summed E-state index contributed by atoms with van der Waals surface area (Å²) < 4.78 is 33.0. The van der Waals surface area contributed by atoms with Gasteiger partial charge in [0.1, 0.15) is 5.75 Å². The molecule has 6 nitrogen and oxygen atoms in total. The zero-order valence-corrected chi connectivity index (χ0v) is 19.8. The average Bonchev–Trinajstić information content (AvgIpc) is 3.16. The van der Waals surface area contributed by atoms with Crippen LogP contribution in [0.5, 0.6) is 5.75 Å². The molecule has 0 atom stereocenters. The molecule has 33 heavy (non-hydrogen) atoms. The van der Waals surface area contributed by atoms with E-state index in [4.69, 9.17) is 4.74 Å². The third-order valence-electron chi connectivity index (χ3n) is 7.23. The highest BCUT2D eigenvalue weighted by Crippen LogP contribution is 2.50. The van der Waals surface area contributed by atoms with Crippen molar-refractivity contribution in [2.75, 3.05) is 18.9 Å². The first kappa shape index (κ1) is 23.8.